The Morgan fingerprint density at radius 2 is 1.74 bits per heavy atom. The van der Waals surface area contributed by atoms with Gasteiger partial charge < -0.3 is 17.2 Å². The number of hydrogen-bond donors (Lipinski definition) is 3. The Morgan fingerprint density at radius 1 is 1.11 bits per heavy atom. The number of anilines is 3. The molecule has 0 atom stereocenters. The maximum atomic E-state index is 10.6. The fraction of sp³-hybridized carbons (Fsp3) is 0. The fourth-order valence-corrected chi connectivity index (χ4v) is 2.03. The van der Waals surface area contributed by atoms with Gasteiger partial charge in [-0.2, -0.15) is 0 Å². The Kier molecular flexibility index (Phi) is 3.33. The minimum Gasteiger partial charge on any atom is -0.383 e. The summed E-state index contributed by atoms with van der Waals surface area (Å²) >= 11 is 1.05. The topological polar surface area (TPSA) is 160 Å². The van der Waals surface area contributed by atoms with E-state index in [1.165, 1.54) is 18.2 Å². The van der Waals surface area contributed by atoms with Crippen LogP contribution < -0.4 is 17.2 Å². The van der Waals surface area contributed by atoms with Crippen LogP contribution in [0.5, 0.6) is 0 Å². The van der Waals surface area contributed by atoms with Gasteiger partial charge in [0.15, 0.2) is 5.16 Å². The first-order valence-electron chi connectivity index (χ1n) is 4.94. The number of nitro groups is 1. The van der Waals surface area contributed by atoms with E-state index in [9.17, 15) is 10.1 Å². The lowest BCUT2D eigenvalue weighted by atomic mass is 10.4. The highest BCUT2D eigenvalue weighted by Crippen LogP contribution is 2.28. The first-order valence-corrected chi connectivity index (χ1v) is 5.76. The maximum Gasteiger partial charge on any atom is 0.311 e. The number of pyridine rings is 1. The molecule has 0 aromatic carbocycles. The summed E-state index contributed by atoms with van der Waals surface area (Å²) in [5.41, 5.74) is 16.3. The van der Waals surface area contributed by atoms with Gasteiger partial charge in [-0.15, -0.1) is 0 Å². The molecule has 0 radical (unpaired) electrons. The van der Waals surface area contributed by atoms with E-state index in [1.807, 2.05) is 0 Å². The van der Waals surface area contributed by atoms with Gasteiger partial charge in [0, 0.05) is 12.1 Å². The van der Waals surface area contributed by atoms with Gasteiger partial charge in [0.25, 0.3) is 0 Å². The average Bonchev–Trinajstić information content (AvgIpc) is 2.26. The number of rotatable bonds is 3. The van der Waals surface area contributed by atoms with Crippen LogP contribution in [-0.2, 0) is 0 Å². The zero-order valence-electron chi connectivity index (χ0n) is 9.48. The van der Waals surface area contributed by atoms with Crippen molar-refractivity contribution in [1.82, 2.24) is 15.0 Å². The normalized spacial score (nSPS) is 10.3. The lowest BCUT2D eigenvalue weighted by molar-refractivity contribution is -0.384. The molecule has 0 spiro atoms. The van der Waals surface area contributed by atoms with E-state index in [0.29, 0.717) is 10.2 Å². The molecular weight excluding hydrogens is 270 g/mol. The molecule has 0 aliphatic carbocycles. The summed E-state index contributed by atoms with van der Waals surface area (Å²) in [4.78, 5) is 21.8. The van der Waals surface area contributed by atoms with Crippen LogP contribution in [0.3, 0.4) is 0 Å². The average molecular weight is 279 g/mol. The van der Waals surface area contributed by atoms with E-state index in [4.69, 9.17) is 17.2 Å². The predicted octanol–water partition coefficient (Wildman–Crippen LogP) is 0.678. The highest BCUT2D eigenvalue weighted by atomic mass is 32.2. The minimum atomic E-state index is -0.605. The van der Waals surface area contributed by atoms with Crippen LogP contribution >= 0.6 is 11.8 Å². The third kappa shape index (κ3) is 2.98. The smallest absolute Gasteiger partial charge is 0.311 e. The Labute approximate surface area is 111 Å². The van der Waals surface area contributed by atoms with Crippen LogP contribution in [0.25, 0.3) is 0 Å². The molecule has 0 aliphatic rings. The van der Waals surface area contributed by atoms with E-state index in [-0.39, 0.29) is 23.1 Å². The van der Waals surface area contributed by atoms with Crippen molar-refractivity contribution < 1.29 is 4.92 Å². The van der Waals surface area contributed by atoms with Crippen LogP contribution in [0.15, 0.2) is 28.4 Å². The summed E-state index contributed by atoms with van der Waals surface area (Å²) < 4.78 is 0. The number of aromatic nitrogens is 3. The van der Waals surface area contributed by atoms with Gasteiger partial charge in [-0.3, -0.25) is 10.1 Å². The maximum absolute atomic E-state index is 10.6. The molecule has 10 heteroatoms. The lowest BCUT2D eigenvalue weighted by Crippen LogP contribution is -2.01. The first-order chi connectivity index (χ1) is 8.95. The van der Waals surface area contributed by atoms with Crippen molar-refractivity contribution in [2.45, 2.75) is 10.2 Å². The van der Waals surface area contributed by atoms with Gasteiger partial charge in [0.05, 0.1) is 4.92 Å². The Hall–Kier alpha value is -2.62. The molecule has 2 rings (SSSR count). The second-order valence-corrected chi connectivity index (χ2v) is 4.40. The van der Waals surface area contributed by atoms with Crippen molar-refractivity contribution in [1.29, 1.82) is 0 Å². The largest absolute Gasteiger partial charge is 0.383 e. The summed E-state index contributed by atoms with van der Waals surface area (Å²) in [6.07, 6.45) is 0. The molecule has 19 heavy (non-hydrogen) atoms. The quantitative estimate of drug-likeness (QED) is 0.416. The van der Waals surface area contributed by atoms with Crippen molar-refractivity contribution in [3.63, 3.8) is 0 Å². The summed E-state index contributed by atoms with van der Waals surface area (Å²) in [6.45, 7) is 0. The van der Waals surface area contributed by atoms with Gasteiger partial charge in [-0.1, -0.05) is 0 Å². The number of hydrogen-bond acceptors (Lipinski definition) is 9. The predicted molar refractivity (Wildman–Crippen MR) is 70.3 cm³/mol. The van der Waals surface area contributed by atoms with Gasteiger partial charge in [-0.25, -0.2) is 15.0 Å². The van der Waals surface area contributed by atoms with Crippen molar-refractivity contribution >= 4 is 34.9 Å². The monoisotopic (exact) mass is 279 g/mol. The van der Waals surface area contributed by atoms with E-state index < -0.39 is 4.92 Å². The molecule has 9 nitrogen and oxygen atoms in total. The van der Waals surface area contributed by atoms with Crippen LogP contribution in [-0.4, -0.2) is 19.9 Å². The summed E-state index contributed by atoms with van der Waals surface area (Å²) in [5, 5.41) is 11.3. The van der Waals surface area contributed by atoms with Crippen LogP contribution in [0, 0.1) is 10.1 Å². The molecule has 0 unspecified atom stereocenters. The van der Waals surface area contributed by atoms with Crippen molar-refractivity contribution in [3.8, 4) is 0 Å². The van der Waals surface area contributed by atoms with Crippen molar-refractivity contribution in [2.24, 2.45) is 0 Å². The molecule has 0 bridgehead atoms. The molecule has 0 saturated carbocycles. The minimum absolute atomic E-state index is 0.174. The van der Waals surface area contributed by atoms with Crippen LogP contribution in [0.2, 0.25) is 0 Å². The number of nitrogens with zero attached hydrogens (tertiary/aromatic N) is 4. The summed E-state index contributed by atoms with van der Waals surface area (Å²) in [5.74, 6) is 0.279. The molecule has 0 aliphatic heterocycles. The van der Waals surface area contributed by atoms with Gasteiger partial charge >= 0.3 is 5.69 Å². The first kappa shape index (κ1) is 12.8. The molecule has 2 heterocycles. The third-order valence-electron chi connectivity index (χ3n) is 2.01. The molecule has 0 amide bonds. The van der Waals surface area contributed by atoms with E-state index >= 15 is 0 Å². The van der Waals surface area contributed by atoms with Gasteiger partial charge in [0.2, 0.25) is 5.82 Å². The zero-order valence-corrected chi connectivity index (χ0v) is 10.3. The van der Waals surface area contributed by atoms with Crippen molar-refractivity contribution in [2.75, 3.05) is 17.2 Å². The van der Waals surface area contributed by atoms with Gasteiger partial charge in [0.1, 0.15) is 16.7 Å². The number of nitrogen functional groups attached to an aromatic ring is 3. The van der Waals surface area contributed by atoms with E-state index in [0.717, 1.165) is 11.8 Å². The Morgan fingerprint density at radius 3 is 2.26 bits per heavy atom. The molecule has 2 aromatic rings. The fourth-order valence-electron chi connectivity index (χ4n) is 1.26. The molecule has 0 fully saturated rings. The second-order valence-electron chi connectivity index (χ2n) is 3.41. The van der Waals surface area contributed by atoms with Crippen molar-refractivity contribution in [3.05, 3.63) is 28.3 Å². The zero-order chi connectivity index (χ0) is 14.0. The standard InChI is InChI=1S/C9H9N7O2S/c10-5-3-6(11)14-9(13-5)19-7-2-1-4(16(17)18)8(12)15-7/h1-3H,(H2,12,15)(H4,10,11,13,14). The third-order valence-corrected chi connectivity index (χ3v) is 2.82. The lowest BCUT2D eigenvalue weighted by Gasteiger charge is -2.03. The highest BCUT2D eigenvalue weighted by Gasteiger charge is 2.14. The SMILES string of the molecule is Nc1cc(N)nc(Sc2ccc([N+](=O)[O-])c(N)n2)n1. The second kappa shape index (κ2) is 4.94. The molecule has 0 saturated heterocycles. The molecule has 6 N–H and O–H groups in total. The van der Waals surface area contributed by atoms with Crippen LogP contribution in [0.1, 0.15) is 0 Å². The molecule has 2 aromatic heterocycles. The van der Waals surface area contributed by atoms with E-state index in [1.54, 1.807) is 0 Å². The van der Waals surface area contributed by atoms with E-state index in [2.05, 4.69) is 15.0 Å². The summed E-state index contributed by atoms with van der Waals surface area (Å²) in [7, 11) is 0. The molecule has 98 valence electrons. The highest BCUT2D eigenvalue weighted by molar-refractivity contribution is 7.99. The number of nitrogens with two attached hydrogens (primary N) is 3. The van der Waals surface area contributed by atoms with Crippen LogP contribution in [0.4, 0.5) is 23.1 Å². The van der Waals surface area contributed by atoms with Gasteiger partial charge in [-0.05, 0) is 17.8 Å². The Bertz CT molecular complexity index is 628. The summed E-state index contributed by atoms with van der Waals surface area (Å²) in [6, 6.07) is 4.13. The Balaban J connectivity index is 2.28. The molecular formula is C9H9N7O2S.